The van der Waals surface area contributed by atoms with Gasteiger partial charge in [0.1, 0.15) is 24.1 Å². The Bertz CT molecular complexity index is 1440. The lowest BCUT2D eigenvalue weighted by molar-refractivity contribution is -0.140. The van der Waals surface area contributed by atoms with Gasteiger partial charge in [-0.25, -0.2) is 8.42 Å². The molecular weight excluding hydrogens is 554 g/mol. The summed E-state index contributed by atoms with van der Waals surface area (Å²) in [7, 11) is -1.18. The number of sulfonamides is 1. The van der Waals surface area contributed by atoms with Gasteiger partial charge in [-0.3, -0.25) is 13.9 Å². The van der Waals surface area contributed by atoms with Gasteiger partial charge >= 0.3 is 0 Å². The summed E-state index contributed by atoms with van der Waals surface area (Å²) in [5.41, 5.74) is 1.79. The molecule has 1 N–H and O–H groups in total. The van der Waals surface area contributed by atoms with Crippen molar-refractivity contribution in [2.24, 2.45) is 0 Å². The minimum absolute atomic E-state index is 0.0321. The highest BCUT2D eigenvalue weighted by Gasteiger charge is 2.35. The molecule has 0 saturated heterocycles. The number of amides is 2. The van der Waals surface area contributed by atoms with Gasteiger partial charge in [-0.1, -0.05) is 50.2 Å². The van der Waals surface area contributed by atoms with Crippen LogP contribution in [0.5, 0.6) is 11.5 Å². The number of benzene rings is 3. The van der Waals surface area contributed by atoms with Crippen molar-refractivity contribution in [3.63, 3.8) is 0 Å². The number of carbonyl (C=O) groups excluding carboxylic acids is 2. The number of methoxy groups -OCH3 is 2. The van der Waals surface area contributed by atoms with Gasteiger partial charge < -0.3 is 19.7 Å². The second kappa shape index (κ2) is 14.7. The van der Waals surface area contributed by atoms with Crippen molar-refractivity contribution >= 4 is 27.5 Å². The smallest absolute Gasteiger partial charge is 0.264 e. The van der Waals surface area contributed by atoms with E-state index in [-0.39, 0.29) is 29.1 Å². The Morgan fingerprint density at radius 1 is 0.905 bits per heavy atom. The molecule has 0 aliphatic carbocycles. The fourth-order valence-corrected chi connectivity index (χ4v) is 5.95. The highest BCUT2D eigenvalue weighted by molar-refractivity contribution is 7.92. The molecule has 2 amide bonds. The maximum atomic E-state index is 14.3. The Morgan fingerprint density at radius 3 is 2.14 bits per heavy atom. The fourth-order valence-electron chi connectivity index (χ4n) is 4.52. The van der Waals surface area contributed by atoms with E-state index < -0.39 is 28.5 Å². The van der Waals surface area contributed by atoms with Crippen molar-refractivity contribution in [3.05, 3.63) is 83.9 Å². The molecule has 0 unspecified atom stereocenters. The zero-order chi connectivity index (χ0) is 30.9. The quantitative estimate of drug-likeness (QED) is 0.283. The van der Waals surface area contributed by atoms with E-state index in [2.05, 4.69) is 5.32 Å². The van der Waals surface area contributed by atoms with Gasteiger partial charge in [0, 0.05) is 12.6 Å². The lowest BCUT2D eigenvalue weighted by Crippen LogP contribution is -2.53. The molecule has 3 rings (SSSR count). The zero-order valence-corrected chi connectivity index (χ0v) is 26.0. The van der Waals surface area contributed by atoms with E-state index in [0.29, 0.717) is 17.9 Å². The Hall–Kier alpha value is -4.05. The molecular formula is C32H41N3O6S. The number of hydrogen-bond acceptors (Lipinski definition) is 6. The fraction of sp³-hybridized carbons (Fsp3) is 0.375. The number of ether oxygens (including phenoxy) is 2. The predicted octanol–water partition coefficient (Wildman–Crippen LogP) is 4.93. The number of rotatable bonds is 14. The van der Waals surface area contributed by atoms with Gasteiger partial charge in [-0.15, -0.1) is 0 Å². The van der Waals surface area contributed by atoms with Crippen LogP contribution in [-0.4, -0.2) is 58.0 Å². The van der Waals surface area contributed by atoms with Crippen molar-refractivity contribution in [3.8, 4) is 11.5 Å². The van der Waals surface area contributed by atoms with Crippen molar-refractivity contribution in [1.82, 2.24) is 10.2 Å². The lowest BCUT2D eigenvalue weighted by Gasteiger charge is -2.34. The monoisotopic (exact) mass is 595 g/mol. The highest BCUT2D eigenvalue weighted by atomic mass is 32.2. The maximum absolute atomic E-state index is 14.3. The standard InChI is InChI=1S/C32H41N3O6S/c1-7-24(4)33-32(37)28(8-2)34(21-25-15-17-26(40-5)18-16-25)31(36)22-35(29-20-23(3)14-19-30(29)41-6)42(38,39)27-12-10-9-11-13-27/h9-20,24,28H,7-8,21-22H2,1-6H3,(H,33,37)/t24-,28+/m1/s1. The van der Waals surface area contributed by atoms with E-state index >= 15 is 0 Å². The Balaban J connectivity index is 2.11. The summed E-state index contributed by atoms with van der Waals surface area (Å²) in [4.78, 5) is 29.2. The van der Waals surface area contributed by atoms with Gasteiger partial charge in [0.2, 0.25) is 11.8 Å². The van der Waals surface area contributed by atoms with Gasteiger partial charge in [0.15, 0.2) is 0 Å². The molecule has 0 aliphatic heterocycles. The van der Waals surface area contributed by atoms with Crippen LogP contribution in [0, 0.1) is 6.92 Å². The molecule has 226 valence electrons. The number of anilines is 1. The minimum atomic E-state index is -4.20. The lowest BCUT2D eigenvalue weighted by atomic mass is 10.1. The van der Waals surface area contributed by atoms with Crippen molar-refractivity contribution in [2.75, 3.05) is 25.1 Å². The first kappa shape index (κ1) is 32.5. The van der Waals surface area contributed by atoms with Crippen LogP contribution in [0.15, 0.2) is 77.7 Å². The summed E-state index contributed by atoms with van der Waals surface area (Å²) < 4.78 is 40.0. The second-order valence-electron chi connectivity index (χ2n) is 10.1. The maximum Gasteiger partial charge on any atom is 0.264 e. The van der Waals surface area contributed by atoms with Gasteiger partial charge in [0.05, 0.1) is 24.8 Å². The first-order chi connectivity index (χ1) is 20.0. The third-order valence-electron chi connectivity index (χ3n) is 7.11. The van der Waals surface area contributed by atoms with Crippen LogP contribution in [0.3, 0.4) is 0 Å². The number of carbonyl (C=O) groups is 2. The van der Waals surface area contributed by atoms with Crippen LogP contribution in [0.25, 0.3) is 0 Å². The molecule has 3 aromatic carbocycles. The first-order valence-electron chi connectivity index (χ1n) is 14.0. The van der Waals surface area contributed by atoms with Gasteiger partial charge in [0.25, 0.3) is 10.0 Å². The number of nitrogens with one attached hydrogen (secondary N) is 1. The molecule has 2 atom stereocenters. The van der Waals surface area contributed by atoms with E-state index in [0.717, 1.165) is 21.9 Å². The summed E-state index contributed by atoms with van der Waals surface area (Å²) in [5.74, 6) is 0.139. The van der Waals surface area contributed by atoms with Gasteiger partial charge in [-0.2, -0.15) is 0 Å². The largest absolute Gasteiger partial charge is 0.497 e. The average Bonchev–Trinajstić information content (AvgIpc) is 3.00. The zero-order valence-electron chi connectivity index (χ0n) is 25.2. The molecule has 0 spiro atoms. The number of nitrogens with zero attached hydrogens (tertiary/aromatic N) is 2. The summed E-state index contributed by atoms with van der Waals surface area (Å²) in [6.45, 7) is 7.09. The normalized spacial score (nSPS) is 12.6. The molecule has 42 heavy (non-hydrogen) atoms. The molecule has 0 bridgehead atoms. The summed E-state index contributed by atoms with van der Waals surface area (Å²) in [6.07, 6.45) is 1.06. The molecule has 10 heteroatoms. The average molecular weight is 596 g/mol. The molecule has 0 radical (unpaired) electrons. The Kier molecular flexibility index (Phi) is 11.4. The van der Waals surface area contributed by atoms with Crippen molar-refractivity contribution < 1.29 is 27.5 Å². The van der Waals surface area contributed by atoms with Crippen molar-refractivity contribution in [2.45, 2.75) is 64.1 Å². The summed E-state index contributed by atoms with van der Waals surface area (Å²) in [5, 5.41) is 2.98. The molecule has 0 fully saturated rings. The third kappa shape index (κ3) is 7.82. The molecule has 3 aromatic rings. The van der Waals surface area contributed by atoms with Crippen LogP contribution in [0.4, 0.5) is 5.69 Å². The van der Waals surface area contributed by atoms with Crippen LogP contribution < -0.4 is 19.1 Å². The summed E-state index contributed by atoms with van der Waals surface area (Å²) >= 11 is 0. The molecule has 0 heterocycles. The van der Waals surface area contributed by atoms with Gasteiger partial charge in [-0.05, 0) is 74.2 Å². The number of aryl methyl sites for hydroxylation is 1. The van der Waals surface area contributed by atoms with Crippen molar-refractivity contribution in [1.29, 1.82) is 0 Å². The van der Waals surface area contributed by atoms with E-state index in [4.69, 9.17) is 9.47 Å². The Morgan fingerprint density at radius 2 is 1.57 bits per heavy atom. The topological polar surface area (TPSA) is 105 Å². The molecule has 9 nitrogen and oxygen atoms in total. The molecule has 0 saturated carbocycles. The summed E-state index contributed by atoms with van der Waals surface area (Å²) in [6, 6.07) is 19.4. The SMILES string of the molecule is CC[C@@H](C)NC(=O)[C@H](CC)N(Cc1ccc(OC)cc1)C(=O)CN(c1cc(C)ccc1OC)S(=O)(=O)c1ccccc1. The van der Waals surface area contributed by atoms with E-state index in [1.54, 1.807) is 55.6 Å². The van der Waals surface area contributed by atoms with E-state index in [1.807, 2.05) is 39.8 Å². The second-order valence-corrected chi connectivity index (χ2v) is 12.0. The van der Waals surface area contributed by atoms with Crippen LogP contribution in [-0.2, 0) is 26.2 Å². The Labute approximate surface area is 249 Å². The van der Waals surface area contributed by atoms with E-state index in [9.17, 15) is 18.0 Å². The third-order valence-corrected chi connectivity index (χ3v) is 8.89. The molecule has 0 aliphatic rings. The highest BCUT2D eigenvalue weighted by Crippen LogP contribution is 2.34. The number of hydrogen-bond donors (Lipinski definition) is 1. The van der Waals surface area contributed by atoms with Crippen LogP contribution >= 0.6 is 0 Å². The van der Waals surface area contributed by atoms with E-state index in [1.165, 1.54) is 24.1 Å². The minimum Gasteiger partial charge on any atom is -0.497 e. The van der Waals surface area contributed by atoms with Crippen LogP contribution in [0.2, 0.25) is 0 Å². The van der Waals surface area contributed by atoms with Crippen LogP contribution in [0.1, 0.15) is 44.7 Å². The first-order valence-corrected chi connectivity index (χ1v) is 15.4. The molecule has 0 aromatic heterocycles. The predicted molar refractivity (Wildman–Crippen MR) is 164 cm³/mol.